The number of nitrogens with zero attached hydrogens (tertiary/aromatic N) is 2. The van der Waals surface area contributed by atoms with Crippen molar-refractivity contribution < 1.29 is 33.3 Å². The summed E-state index contributed by atoms with van der Waals surface area (Å²) in [5.74, 6) is 0.935. The Morgan fingerprint density at radius 3 is 2.58 bits per heavy atom. The lowest BCUT2D eigenvalue weighted by Crippen LogP contribution is -2.58. The van der Waals surface area contributed by atoms with Crippen LogP contribution >= 0.6 is 0 Å². The van der Waals surface area contributed by atoms with Crippen molar-refractivity contribution in [2.24, 2.45) is 0 Å². The second-order valence-corrected chi connectivity index (χ2v) is 10.2. The Kier molecular flexibility index (Phi) is 9.08. The number of ether oxygens (including phenoxy) is 4. The maximum Gasteiger partial charge on any atom is 0.274 e. The molecule has 4 bridgehead atoms. The molecular weight excluding hydrogens is 558 g/mol. The van der Waals surface area contributed by atoms with Gasteiger partial charge in [0.25, 0.3) is 17.4 Å². The molecule has 3 N–H and O–H groups in total. The summed E-state index contributed by atoms with van der Waals surface area (Å²) in [5.41, 5.74) is 1.29. The lowest BCUT2D eigenvalue weighted by molar-refractivity contribution is -0.125. The molecule has 3 aromatic rings. The Morgan fingerprint density at radius 2 is 1.81 bits per heavy atom. The van der Waals surface area contributed by atoms with Crippen LogP contribution in [0, 0.1) is 0 Å². The van der Waals surface area contributed by atoms with Crippen LogP contribution in [0.4, 0.5) is 0 Å². The summed E-state index contributed by atoms with van der Waals surface area (Å²) in [6, 6.07) is 12.6. The number of aromatic nitrogens is 2. The van der Waals surface area contributed by atoms with Crippen LogP contribution in [0.5, 0.6) is 23.0 Å². The summed E-state index contributed by atoms with van der Waals surface area (Å²) in [5, 5.41) is 12.0. The number of methoxy groups -OCH3 is 2. The maximum atomic E-state index is 13.2. The van der Waals surface area contributed by atoms with E-state index in [9.17, 15) is 19.2 Å². The predicted octanol–water partition coefficient (Wildman–Crippen LogP) is 1.21. The van der Waals surface area contributed by atoms with E-state index in [2.05, 4.69) is 20.8 Å². The molecule has 0 unspecified atom stereocenters. The summed E-state index contributed by atoms with van der Waals surface area (Å²) in [6.07, 6.45) is 0.617. The van der Waals surface area contributed by atoms with Crippen LogP contribution in [0.1, 0.15) is 34.5 Å². The highest BCUT2D eigenvalue weighted by molar-refractivity contribution is 5.92. The number of carbonyl (C=O) groups excluding carboxylic acids is 3. The van der Waals surface area contributed by atoms with Crippen LogP contribution < -0.4 is 35.1 Å². The largest absolute Gasteiger partial charge is 0.496 e. The fraction of sp³-hybridized carbons (Fsp3) is 0.367. The van der Waals surface area contributed by atoms with Gasteiger partial charge >= 0.3 is 0 Å². The zero-order valence-corrected chi connectivity index (χ0v) is 23.9. The minimum absolute atomic E-state index is 0.0872. The maximum absolute atomic E-state index is 13.2. The van der Waals surface area contributed by atoms with Gasteiger partial charge in [-0.15, -0.1) is 0 Å². The molecule has 0 spiro atoms. The summed E-state index contributed by atoms with van der Waals surface area (Å²) in [6.45, 7) is 0.424. The first-order valence-electron chi connectivity index (χ1n) is 13.9. The van der Waals surface area contributed by atoms with Gasteiger partial charge in [0.1, 0.15) is 23.3 Å². The van der Waals surface area contributed by atoms with Crippen molar-refractivity contribution in [2.75, 3.05) is 33.9 Å². The van der Waals surface area contributed by atoms with Gasteiger partial charge in [0, 0.05) is 50.2 Å². The van der Waals surface area contributed by atoms with E-state index in [1.165, 1.54) is 19.2 Å². The molecule has 3 amide bonds. The highest BCUT2D eigenvalue weighted by Crippen LogP contribution is 2.30. The molecule has 13 heteroatoms. The average Bonchev–Trinajstić information content (AvgIpc) is 3.02. The number of likely N-dealkylation sites (tertiary alicyclic amines) is 1. The molecule has 226 valence electrons. The Morgan fingerprint density at radius 1 is 0.977 bits per heavy atom. The van der Waals surface area contributed by atoms with Crippen LogP contribution in [0.2, 0.25) is 0 Å². The molecule has 3 aliphatic rings. The quantitative estimate of drug-likeness (QED) is 0.407. The third-order valence-electron chi connectivity index (χ3n) is 7.33. The second kappa shape index (κ2) is 13.3. The Labute approximate surface area is 247 Å². The van der Waals surface area contributed by atoms with Crippen molar-refractivity contribution in [3.05, 3.63) is 75.7 Å². The minimum atomic E-state index is -0.600. The predicted molar refractivity (Wildman–Crippen MR) is 153 cm³/mol. The average molecular weight is 592 g/mol. The van der Waals surface area contributed by atoms with Crippen molar-refractivity contribution in [3.8, 4) is 23.0 Å². The fourth-order valence-corrected chi connectivity index (χ4v) is 5.06. The van der Waals surface area contributed by atoms with Gasteiger partial charge in [-0.1, -0.05) is 6.07 Å². The number of piperidine rings is 1. The highest BCUT2D eigenvalue weighted by atomic mass is 16.5. The van der Waals surface area contributed by atoms with E-state index >= 15 is 0 Å². The molecule has 6 rings (SSSR count). The van der Waals surface area contributed by atoms with Crippen LogP contribution in [0.3, 0.4) is 0 Å². The minimum Gasteiger partial charge on any atom is -0.496 e. The summed E-state index contributed by atoms with van der Waals surface area (Å²) in [7, 11) is 3.04. The van der Waals surface area contributed by atoms with E-state index in [0.717, 1.165) is 11.1 Å². The SMILES string of the molecule is COc1cc2ccc1CNC(=O)CCc1ccc(OC)c(c1)OCC(=O)N[C@@H]1CN(C(=O)c3ccc(=O)[nH]n3)CC[C@@H]1O2. The van der Waals surface area contributed by atoms with Gasteiger partial charge in [-0.2, -0.15) is 5.10 Å². The molecule has 3 aliphatic heterocycles. The van der Waals surface area contributed by atoms with E-state index in [-0.39, 0.29) is 43.6 Å². The molecule has 1 fully saturated rings. The van der Waals surface area contributed by atoms with Gasteiger partial charge < -0.3 is 34.5 Å². The molecule has 2 aromatic carbocycles. The highest BCUT2D eigenvalue weighted by Gasteiger charge is 2.35. The number of hydrogen-bond donors (Lipinski definition) is 3. The number of hydrogen-bond acceptors (Lipinski definition) is 9. The molecule has 1 saturated heterocycles. The second-order valence-electron chi connectivity index (χ2n) is 10.2. The van der Waals surface area contributed by atoms with E-state index in [1.807, 2.05) is 12.1 Å². The summed E-state index contributed by atoms with van der Waals surface area (Å²) < 4.78 is 23.1. The summed E-state index contributed by atoms with van der Waals surface area (Å²) in [4.78, 5) is 51.9. The van der Waals surface area contributed by atoms with Crippen LogP contribution in [0.15, 0.2) is 53.3 Å². The zero-order chi connectivity index (χ0) is 30.3. The number of benzene rings is 2. The van der Waals surface area contributed by atoms with Gasteiger partial charge in [-0.3, -0.25) is 19.2 Å². The number of rotatable bonds is 3. The van der Waals surface area contributed by atoms with Crippen molar-refractivity contribution in [3.63, 3.8) is 0 Å². The number of H-pyrrole nitrogens is 1. The van der Waals surface area contributed by atoms with Crippen molar-refractivity contribution in [2.45, 2.75) is 38.0 Å². The topological polar surface area (TPSA) is 161 Å². The first kappa shape index (κ1) is 29.4. The van der Waals surface area contributed by atoms with Crippen LogP contribution in [0.25, 0.3) is 0 Å². The number of carbonyl (C=O) groups is 3. The van der Waals surface area contributed by atoms with Gasteiger partial charge in [-0.05, 0) is 42.3 Å². The number of aryl methyl sites for hydroxylation is 1. The molecule has 0 saturated carbocycles. The fourth-order valence-electron chi connectivity index (χ4n) is 5.06. The normalized spacial score (nSPS) is 19.3. The number of fused-ring (bicyclic) bond motifs is 9. The van der Waals surface area contributed by atoms with Crippen LogP contribution in [-0.2, 0) is 22.6 Å². The smallest absolute Gasteiger partial charge is 0.274 e. The number of amides is 3. The standard InChI is InChI=1S/C30H33N5O8/c1-40-24-8-3-18-4-9-27(36)31-15-19-5-6-20(14-25(19)41-2)43-23-11-12-35(30(39)21-7-10-28(37)34-33-21)16-22(23)32-29(38)17-42-26(24)13-18/h3,5-8,10,13-14,22-23H,4,9,11-12,15-17H2,1-2H3,(H,31,36)(H,32,38)(H,34,37)/t22-,23+/m1/s1. The Bertz CT molecular complexity index is 1540. The number of nitrogens with one attached hydrogen (secondary N) is 3. The Hall–Kier alpha value is -5.07. The first-order chi connectivity index (χ1) is 20.8. The van der Waals surface area contributed by atoms with E-state index in [0.29, 0.717) is 42.4 Å². The Balaban J connectivity index is 1.42. The lowest BCUT2D eigenvalue weighted by Gasteiger charge is -2.38. The lowest BCUT2D eigenvalue weighted by atomic mass is 10.0. The van der Waals surface area contributed by atoms with Gasteiger partial charge in [-0.25, -0.2) is 5.10 Å². The molecule has 43 heavy (non-hydrogen) atoms. The third kappa shape index (κ3) is 7.23. The van der Waals surface area contributed by atoms with Gasteiger partial charge in [0.15, 0.2) is 18.1 Å². The van der Waals surface area contributed by atoms with Crippen molar-refractivity contribution in [1.29, 1.82) is 0 Å². The van der Waals surface area contributed by atoms with E-state index in [4.69, 9.17) is 18.9 Å². The third-order valence-corrected chi connectivity index (χ3v) is 7.33. The van der Waals surface area contributed by atoms with E-state index < -0.39 is 23.6 Å². The number of aromatic amines is 1. The monoisotopic (exact) mass is 591 g/mol. The van der Waals surface area contributed by atoms with Gasteiger partial charge in [0.2, 0.25) is 5.91 Å². The molecular formula is C30H33N5O8. The first-order valence-corrected chi connectivity index (χ1v) is 13.9. The van der Waals surface area contributed by atoms with Crippen molar-refractivity contribution in [1.82, 2.24) is 25.7 Å². The molecule has 2 atom stereocenters. The van der Waals surface area contributed by atoms with Crippen LogP contribution in [-0.4, -0.2) is 78.9 Å². The summed E-state index contributed by atoms with van der Waals surface area (Å²) >= 11 is 0. The molecule has 13 nitrogen and oxygen atoms in total. The molecule has 0 aliphatic carbocycles. The van der Waals surface area contributed by atoms with Gasteiger partial charge in [0.05, 0.1) is 20.3 Å². The molecule has 0 radical (unpaired) electrons. The van der Waals surface area contributed by atoms with Crippen molar-refractivity contribution >= 4 is 17.7 Å². The molecule has 1 aromatic heterocycles. The zero-order valence-electron chi connectivity index (χ0n) is 23.9. The van der Waals surface area contributed by atoms with E-state index in [1.54, 1.807) is 36.3 Å². The molecule has 4 heterocycles.